The summed E-state index contributed by atoms with van der Waals surface area (Å²) in [7, 11) is 0. The molecule has 1 heterocycles. The smallest absolute Gasteiger partial charge is 0.411 e. The van der Waals surface area contributed by atoms with E-state index in [2.05, 4.69) is 4.99 Å². The summed E-state index contributed by atoms with van der Waals surface area (Å²) in [5, 5.41) is 8.72. The molecule has 1 aliphatic rings. The van der Waals surface area contributed by atoms with E-state index in [0.29, 0.717) is 0 Å². The van der Waals surface area contributed by atoms with Crippen molar-refractivity contribution >= 4 is 34.5 Å². The lowest BCUT2D eigenvalue weighted by atomic mass is 10.5. The Labute approximate surface area is 72.7 Å². The van der Waals surface area contributed by atoms with Gasteiger partial charge in [-0.15, -0.1) is 0 Å². The van der Waals surface area contributed by atoms with Gasteiger partial charge < -0.3 is 5.11 Å². The molecule has 0 bridgehead atoms. The highest BCUT2D eigenvalue weighted by Crippen LogP contribution is 2.13. The maximum absolute atomic E-state index is 10.4. The van der Waals surface area contributed by atoms with Gasteiger partial charge in [0.2, 0.25) is 0 Å². The molecular formula is C5H4Cl2N2O2. The number of hydrogen-bond donors (Lipinski definition) is 1. The molecular weight excluding hydrogens is 191 g/mol. The Morgan fingerprint density at radius 3 is 2.82 bits per heavy atom. The fourth-order valence-corrected chi connectivity index (χ4v) is 1.10. The van der Waals surface area contributed by atoms with E-state index in [0.717, 1.165) is 4.90 Å². The highest BCUT2D eigenvalue weighted by molar-refractivity contribution is 6.66. The zero-order chi connectivity index (χ0) is 8.43. The van der Waals surface area contributed by atoms with Crippen molar-refractivity contribution in [3.8, 4) is 0 Å². The van der Waals surface area contributed by atoms with E-state index in [1.807, 2.05) is 0 Å². The Morgan fingerprint density at radius 1 is 1.73 bits per heavy atom. The third-order valence-electron chi connectivity index (χ3n) is 1.04. The van der Waals surface area contributed by atoms with Gasteiger partial charge in [-0.05, 0) is 0 Å². The summed E-state index contributed by atoms with van der Waals surface area (Å²) in [5.74, 6) is 0. The van der Waals surface area contributed by atoms with E-state index >= 15 is 0 Å². The van der Waals surface area contributed by atoms with Crippen LogP contribution in [0.15, 0.2) is 16.3 Å². The van der Waals surface area contributed by atoms with E-state index in [9.17, 15) is 4.79 Å². The van der Waals surface area contributed by atoms with Gasteiger partial charge in [0.15, 0.2) is 0 Å². The summed E-state index contributed by atoms with van der Waals surface area (Å²) in [4.78, 5) is 14.9. The molecule has 60 valence electrons. The Morgan fingerprint density at radius 2 is 2.36 bits per heavy atom. The van der Waals surface area contributed by atoms with Crippen LogP contribution in [0, 0.1) is 0 Å². The largest absolute Gasteiger partial charge is 0.465 e. The van der Waals surface area contributed by atoms with E-state index in [1.54, 1.807) is 0 Å². The highest BCUT2D eigenvalue weighted by Gasteiger charge is 2.15. The Bertz CT molecular complexity index is 249. The van der Waals surface area contributed by atoms with E-state index in [4.69, 9.17) is 28.3 Å². The Kier molecular flexibility index (Phi) is 2.36. The lowest BCUT2D eigenvalue weighted by Gasteiger charge is -2.16. The van der Waals surface area contributed by atoms with Crippen molar-refractivity contribution in [1.82, 2.24) is 4.90 Å². The molecule has 0 unspecified atom stereocenters. The number of aliphatic imine (C=N–C) groups is 1. The monoisotopic (exact) mass is 194 g/mol. The summed E-state index contributed by atoms with van der Waals surface area (Å²) in [6, 6.07) is 0. The van der Waals surface area contributed by atoms with E-state index < -0.39 is 6.09 Å². The first-order valence-electron chi connectivity index (χ1n) is 2.69. The predicted molar refractivity (Wildman–Crippen MR) is 42.0 cm³/mol. The Hall–Kier alpha value is -0.740. The van der Waals surface area contributed by atoms with Crippen molar-refractivity contribution < 1.29 is 9.90 Å². The summed E-state index contributed by atoms with van der Waals surface area (Å²) in [6.45, 7) is 0.0626. The molecule has 0 fully saturated rings. The normalized spacial score (nSPS) is 17.5. The molecule has 1 amide bonds. The summed E-state index contributed by atoms with van der Waals surface area (Å²) in [5.41, 5.74) is 0. The van der Waals surface area contributed by atoms with Crippen LogP contribution in [0.4, 0.5) is 4.79 Å². The molecule has 1 aliphatic heterocycles. The molecule has 0 aliphatic carbocycles. The average Bonchev–Trinajstić information content (AvgIpc) is 1.85. The van der Waals surface area contributed by atoms with Crippen LogP contribution in [0.5, 0.6) is 0 Å². The number of amides is 1. The van der Waals surface area contributed by atoms with Crippen LogP contribution in [0.25, 0.3) is 0 Å². The zero-order valence-electron chi connectivity index (χ0n) is 5.29. The van der Waals surface area contributed by atoms with Crippen molar-refractivity contribution in [3.05, 3.63) is 11.4 Å². The minimum atomic E-state index is -1.10. The first kappa shape index (κ1) is 8.36. The first-order valence-corrected chi connectivity index (χ1v) is 3.45. The van der Waals surface area contributed by atoms with Gasteiger partial charge in [0.05, 0.1) is 6.54 Å². The maximum atomic E-state index is 10.4. The quantitative estimate of drug-likeness (QED) is 0.597. The minimum absolute atomic E-state index is 0.0626. The summed E-state index contributed by atoms with van der Waals surface area (Å²) < 4.78 is 0. The topological polar surface area (TPSA) is 52.9 Å². The van der Waals surface area contributed by atoms with E-state index in [1.165, 1.54) is 6.20 Å². The molecule has 1 N–H and O–H groups in total. The molecule has 0 saturated heterocycles. The number of nitrogens with zero attached hydrogens (tertiary/aromatic N) is 2. The van der Waals surface area contributed by atoms with Crippen molar-refractivity contribution in [1.29, 1.82) is 0 Å². The fourth-order valence-electron chi connectivity index (χ4n) is 0.618. The SMILES string of the molecule is O=C(O)N1C=C(Cl)N=C(Cl)C1. The van der Waals surface area contributed by atoms with Crippen molar-refractivity contribution in [2.45, 2.75) is 0 Å². The number of halogens is 2. The molecule has 4 nitrogen and oxygen atoms in total. The standard InChI is InChI=1S/C5H4Cl2N2O2/c6-3-1-9(5(10)11)2-4(7)8-3/h1H,2H2,(H,10,11). The van der Waals surface area contributed by atoms with Crippen LogP contribution >= 0.6 is 23.2 Å². The van der Waals surface area contributed by atoms with Crippen LogP contribution in [0.3, 0.4) is 0 Å². The predicted octanol–water partition coefficient (Wildman–Crippen LogP) is 1.66. The van der Waals surface area contributed by atoms with Crippen molar-refractivity contribution in [2.75, 3.05) is 6.54 Å². The van der Waals surface area contributed by atoms with Gasteiger partial charge in [0.1, 0.15) is 10.3 Å². The third kappa shape index (κ3) is 2.10. The van der Waals surface area contributed by atoms with Gasteiger partial charge >= 0.3 is 6.09 Å². The van der Waals surface area contributed by atoms with Crippen molar-refractivity contribution in [3.63, 3.8) is 0 Å². The van der Waals surface area contributed by atoms with Gasteiger partial charge in [-0.2, -0.15) is 0 Å². The van der Waals surface area contributed by atoms with Gasteiger partial charge in [-0.25, -0.2) is 9.79 Å². The van der Waals surface area contributed by atoms with Gasteiger partial charge in [-0.1, -0.05) is 23.2 Å². The molecule has 0 aromatic heterocycles. The minimum Gasteiger partial charge on any atom is -0.465 e. The maximum Gasteiger partial charge on any atom is 0.411 e. The molecule has 0 spiro atoms. The van der Waals surface area contributed by atoms with Crippen LogP contribution in [0.1, 0.15) is 0 Å². The van der Waals surface area contributed by atoms with E-state index in [-0.39, 0.29) is 16.9 Å². The summed E-state index contributed by atoms with van der Waals surface area (Å²) >= 11 is 10.9. The van der Waals surface area contributed by atoms with Gasteiger partial charge in [-0.3, -0.25) is 4.90 Å². The molecule has 0 radical (unpaired) electrons. The Balaban J connectivity index is 2.79. The van der Waals surface area contributed by atoms with Crippen molar-refractivity contribution in [2.24, 2.45) is 4.99 Å². The number of carboxylic acid groups (broad SMARTS) is 1. The molecule has 1 rings (SSSR count). The second-order valence-corrected chi connectivity index (χ2v) is 2.67. The summed E-state index contributed by atoms with van der Waals surface area (Å²) in [6.07, 6.45) is 0.103. The number of carbonyl (C=O) groups is 1. The lowest BCUT2D eigenvalue weighted by Crippen LogP contribution is -2.30. The molecule has 6 heteroatoms. The first-order chi connectivity index (χ1) is 5.09. The van der Waals surface area contributed by atoms with Gasteiger partial charge in [0.25, 0.3) is 0 Å². The third-order valence-corrected chi connectivity index (χ3v) is 1.42. The highest BCUT2D eigenvalue weighted by atomic mass is 35.5. The zero-order valence-corrected chi connectivity index (χ0v) is 6.80. The van der Waals surface area contributed by atoms with Crippen LogP contribution in [0.2, 0.25) is 0 Å². The second kappa shape index (κ2) is 3.11. The lowest BCUT2D eigenvalue weighted by molar-refractivity contribution is 0.167. The van der Waals surface area contributed by atoms with Crippen LogP contribution in [-0.4, -0.2) is 27.8 Å². The molecule has 0 saturated carbocycles. The van der Waals surface area contributed by atoms with Crippen LogP contribution in [-0.2, 0) is 0 Å². The van der Waals surface area contributed by atoms with Gasteiger partial charge in [0, 0.05) is 6.20 Å². The average molecular weight is 195 g/mol. The number of hydrogen-bond acceptors (Lipinski definition) is 2. The second-order valence-electron chi connectivity index (χ2n) is 1.85. The number of rotatable bonds is 0. The fraction of sp³-hybridized carbons (Fsp3) is 0.200. The molecule has 11 heavy (non-hydrogen) atoms. The molecule has 0 atom stereocenters. The van der Waals surface area contributed by atoms with Crippen LogP contribution < -0.4 is 0 Å². The molecule has 0 aromatic rings. The molecule has 0 aromatic carbocycles.